The number of hydrogen-bond donors (Lipinski definition) is 0. The summed E-state index contributed by atoms with van der Waals surface area (Å²) in [6.07, 6.45) is 0.668. The van der Waals surface area contributed by atoms with Crippen LogP contribution < -0.4 is 0 Å². The van der Waals surface area contributed by atoms with Crippen molar-refractivity contribution in [1.29, 1.82) is 0 Å². The SMILES string of the molecule is ClCCc1nc2cc(Cl)ccc2n1-c1ccc(Br)c(Cl)c1. The van der Waals surface area contributed by atoms with Gasteiger partial charge in [0.2, 0.25) is 0 Å². The van der Waals surface area contributed by atoms with Crippen molar-refractivity contribution >= 4 is 61.8 Å². The number of hydrogen-bond acceptors (Lipinski definition) is 1. The summed E-state index contributed by atoms with van der Waals surface area (Å²) in [5, 5.41) is 1.32. The van der Waals surface area contributed by atoms with Crippen molar-refractivity contribution in [3.63, 3.8) is 0 Å². The second-order valence-corrected chi connectivity index (χ2v) is 6.61. The summed E-state index contributed by atoms with van der Waals surface area (Å²) in [6, 6.07) is 11.5. The molecule has 0 spiro atoms. The van der Waals surface area contributed by atoms with E-state index in [0.717, 1.165) is 27.0 Å². The lowest BCUT2D eigenvalue weighted by molar-refractivity contribution is 0.912. The molecule has 0 aliphatic rings. The van der Waals surface area contributed by atoms with Gasteiger partial charge in [0.1, 0.15) is 5.82 Å². The van der Waals surface area contributed by atoms with Crippen LogP contribution in [0, 0.1) is 0 Å². The summed E-state index contributed by atoms with van der Waals surface area (Å²) in [4.78, 5) is 4.63. The van der Waals surface area contributed by atoms with E-state index in [2.05, 4.69) is 25.5 Å². The van der Waals surface area contributed by atoms with E-state index in [1.165, 1.54) is 0 Å². The summed E-state index contributed by atoms with van der Waals surface area (Å²) < 4.78 is 2.92. The minimum atomic E-state index is 0.501. The molecule has 0 N–H and O–H groups in total. The Morgan fingerprint density at radius 3 is 2.62 bits per heavy atom. The monoisotopic (exact) mass is 402 g/mol. The number of rotatable bonds is 3. The van der Waals surface area contributed by atoms with E-state index in [4.69, 9.17) is 34.8 Å². The number of nitrogens with zero attached hydrogens (tertiary/aromatic N) is 2. The zero-order chi connectivity index (χ0) is 15.0. The minimum absolute atomic E-state index is 0.501. The van der Waals surface area contributed by atoms with Crippen LogP contribution in [0.1, 0.15) is 5.82 Å². The molecule has 3 aromatic rings. The Hall–Kier alpha value is -0.740. The molecule has 2 nitrogen and oxygen atoms in total. The van der Waals surface area contributed by atoms with E-state index in [9.17, 15) is 0 Å². The Kier molecular flexibility index (Phi) is 4.46. The van der Waals surface area contributed by atoms with Gasteiger partial charge < -0.3 is 0 Å². The molecule has 0 bridgehead atoms. The first kappa shape index (κ1) is 15.2. The van der Waals surface area contributed by atoms with E-state index in [0.29, 0.717) is 22.3 Å². The standard InChI is InChI=1S/C15H10BrCl3N2/c16-11-3-2-10(8-12(11)19)21-14-4-1-9(18)7-13(14)20-15(21)5-6-17/h1-4,7-8H,5-6H2. The van der Waals surface area contributed by atoms with Gasteiger partial charge in [0, 0.05) is 27.5 Å². The van der Waals surface area contributed by atoms with Crippen LogP contribution in [0.15, 0.2) is 40.9 Å². The maximum Gasteiger partial charge on any atom is 0.115 e. The van der Waals surface area contributed by atoms with Crippen LogP contribution >= 0.6 is 50.7 Å². The maximum atomic E-state index is 6.21. The molecule has 2 aromatic carbocycles. The van der Waals surface area contributed by atoms with Gasteiger partial charge >= 0.3 is 0 Å². The van der Waals surface area contributed by atoms with Crippen molar-refractivity contribution in [3.8, 4) is 5.69 Å². The highest BCUT2D eigenvalue weighted by Gasteiger charge is 2.13. The first-order valence-electron chi connectivity index (χ1n) is 6.28. The van der Waals surface area contributed by atoms with Crippen LogP contribution in [0.2, 0.25) is 10.0 Å². The first-order chi connectivity index (χ1) is 10.1. The number of imidazole rings is 1. The molecule has 0 unspecified atom stereocenters. The van der Waals surface area contributed by atoms with Crippen molar-refractivity contribution in [1.82, 2.24) is 9.55 Å². The van der Waals surface area contributed by atoms with Crippen LogP contribution in [-0.2, 0) is 6.42 Å². The van der Waals surface area contributed by atoms with E-state index in [1.54, 1.807) is 0 Å². The van der Waals surface area contributed by atoms with E-state index in [-0.39, 0.29) is 0 Å². The average Bonchev–Trinajstić information content (AvgIpc) is 2.79. The van der Waals surface area contributed by atoms with Gasteiger partial charge in [0.05, 0.1) is 16.1 Å². The maximum absolute atomic E-state index is 6.21. The summed E-state index contributed by atoms with van der Waals surface area (Å²) in [5.74, 6) is 1.39. The second kappa shape index (κ2) is 6.17. The number of fused-ring (bicyclic) bond motifs is 1. The Labute approximate surface area is 145 Å². The molecule has 0 atom stereocenters. The third-order valence-corrected chi connectivity index (χ3v) is 4.82. The molecular formula is C15H10BrCl3N2. The molecule has 0 amide bonds. The second-order valence-electron chi connectivity index (χ2n) is 4.53. The molecule has 3 rings (SSSR count). The Balaban J connectivity index is 2.27. The van der Waals surface area contributed by atoms with Crippen LogP contribution in [0.3, 0.4) is 0 Å². The number of benzene rings is 2. The van der Waals surface area contributed by atoms with E-state index in [1.807, 2.05) is 36.4 Å². The molecule has 0 radical (unpaired) electrons. The molecule has 0 aliphatic heterocycles. The highest BCUT2D eigenvalue weighted by atomic mass is 79.9. The highest BCUT2D eigenvalue weighted by molar-refractivity contribution is 9.10. The van der Waals surface area contributed by atoms with Crippen LogP contribution in [-0.4, -0.2) is 15.4 Å². The molecule has 108 valence electrons. The van der Waals surface area contributed by atoms with Crippen molar-refractivity contribution < 1.29 is 0 Å². The molecule has 21 heavy (non-hydrogen) atoms. The van der Waals surface area contributed by atoms with Crippen molar-refractivity contribution in [2.75, 3.05) is 5.88 Å². The molecule has 0 fully saturated rings. The predicted octanol–water partition coefficient (Wildman–Crippen LogP) is 5.88. The van der Waals surface area contributed by atoms with Gasteiger partial charge in [-0.3, -0.25) is 4.57 Å². The summed E-state index contributed by atoms with van der Waals surface area (Å²) >= 11 is 21.6. The number of aryl methyl sites for hydroxylation is 1. The lowest BCUT2D eigenvalue weighted by atomic mass is 10.2. The van der Waals surface area contributed by atoms with Gasteiger partial charge in [-0.1, -0.05) is 23.2 Å². The smallest absolute Gasteiger partial charge is 0.115 e. The van der Waals surface area contributed by atoms with Crippen LogP contribution in [0.25, 0.3) is 16.7 Å². The highest BCUT2D eigenvalue weighted by Crippen LogP contribution is 2.29. The lowest BCUT2D eigenvalue weighted by Gasteiger charge is -2.10. The van der Waals surface area contributed by atoms with Gasteiger partial charge in [-0.15, -0.1) is 11.6 Å². The van der Waals surface area contributed by atoms with Crippen molar-refractivity contribution in [2.45, 2.75) is 6.42 Å². The Morgan fingerprint density at radius 1 is 1.10 bits per heavy atom. The fourth-order valence-corrected chi connectivity index (χ4v) is 3.02. The van der Waals surface area contributed by atoms with E-state index >= 15 is 0 Å². The largest absolute Gasteiger partial charge is 0.296 e. The van der Waals surface area contributed by atoms with Crippen molar-refractivity contribution in [2.24, 2.45) is 0 Å². The van der Waals surface area contributed by atoms with Gasteiger partial charge in [-0.25, -0.2) is 4.98 Å². The molecule has 1 heterocycles. The zero-order valence-corrected chi connectivity index (χ0v) is 14.6. The van der Waals surface area contributed by atoms with Crippen LogP contribution in [0.4, 0.5) is 0 Å². The summed E-state index contributed by atoms with van der Waals surface area (Å²) in [6.45, 7) is 0. The number of halogens is 4. The fraction of sp³-hybridized carbons (Fsp3) is 0.133. The van der Waals surface area contributed by atoms with Gasteiger partial charge in [0.25, 0.3) is 0 Å². The molecule has 6 heteroatoms. The molecular weight excluding hydrogens is 394 g/mol. The molecule has 1 aromatic heterocycles. The van der Waals surface area contributed by atoms with Crippen LogP contribution in [0.5, 0.6) is 0 Å². The minimum Gasteiger partial charge on any atom is -0.296 e. The molecule has 0 saturated carbocycles. The topological polar surface area (TPSA) is 17.8 Å². The number of aromatic nitrogens is 2. The van der Waals surface area contributed by atoms with Gasteiger partial charge in [0.15, 0.2) is 0 Å². The Bertz CT molecular complexity index is 814. The summed E-state index contributed by atoms with van der Waals surface area (Å²) in [7, 11) is 0. The normalized spacial score (nSPS) is 11.2. The average molecular weight is 405 g/mol. The molecule has 0 saturated heterocycles. The quantitative estimate of drug-likeness (QED) is 0.499. The first-order valence-corrected chi connectivity index (χ1v) is 8.37. The molecule has 0 aliphatic carbocycles. The third-order valence-electron chi connectivity index (χ3n) is 3.17. The van der Waals surface area contributed by atoms with Gasteiger partial charge in [-0.2, -0.15) is 0 Å². The Morgan fingerprint density at radius 2 is 1.90 bits per heavy atom. The zero-order valence-electron chi connectivity index (χ0n) is 10.8. The van der Waals surface area contributed by atoms with Gasteiger partial charge in [-0.05, 0) is 52.3 Å². The lowest BCUT2D eigenvalue weighted by Crippen LogP contribution is -2.02. The predicted molar refractivity (Wildman–Crippen MR) is 93.2 cm³/mol. The van der Waals surface area contributed by atoms with E-state index < -0.39 is 0 Å². The third kappa shape index (κ3) is 2.93. The number of alkyl halides is 1. The summed E-state index contributed by atoms with van der Waals surface area (Å²) in [5.41, 5.74) is 2.78. The fourth-order valence-electron chi connectivity index (χ4n) is 2.27. The van der Waals surface area contributed by atoms with Crippen molar-refractivity contribution in [3.05, 3.63) is 56.7 Å².